The molecule has 0 saturated carbocycles. The van der Waals surface area contributed by atoms with Crippen LogP contribution in [0.1, 0.15) is 46.0 Å². The number of carbonyl (C=O) groups is 1. The molecule has 1 unspecified atom stereocenters. The summed E-state index contributed by atoms with van der Waals surface area (Å²) in [5.74, 6) is 0.777. The Kier molecular flexibility index (Phi) is 5.49. The molecular formula is C15H29N3O. The SMILES string of the molecule is CCN(CC1CCCCN1)C(=O)N1CCC(C)CC1. The molecule has 2 fully saturated rings. The first kappa shape index (κ1) is 14.6. The van der Waals surface area contributed by atoms with Crippen molar-refractivity contribution >= 4 is 6.03 Å². The second-order valence-corrected chi connectivity index (χ2v) is 6.14. The maximum absolute atomic E-state index is 12.5. The minimum Gasteiger partial charge on any atom is -0.325 e. The van der Waals surface area contributed by atoms with Crippen LogP contribution >= 0.6 is 0 Å². The summed E-state index contributed by atoms with van der Waals surface area (Å²) >= 11 is 0. The van der Waals surface area contributed by atoms with Crippen LogP contribution in [0.3, 0.4) is 0 Å². The van der Waals surface area contributed by atoms with Crippen molar-refractivity contribution in [1.29, 1.82) is 0 Å². The zero-order valence-corrected chi connectivity index (χ0v) is 12.5. The van der Waals surface area contributed by atoms with Crippen LogP contribution in [0.25, 0.3) is 0 Å². The quantitative estimate of drug-likeness (QED) is 0.851. The van der Waals surface area contributed by atoms with Gasteiger partial charge in [0.05, 0.1) is 0 Å². The second kappa shape index (κ2) is 7.13. The fourth-order valence-electron chi connectivity index (χ4n) is 3.09. The maximum atomic E-state index is 12.5. The van der Waals surface area contributed by atoms with E-state index in [9.17, 15) is 4.79 Å². The number of nitrogens with one attached hydrogen (secondary N) is 1. The van der Waals surface area contributed by atoms with E-state index in [4.69, 9.17) is 0 Å². The average molecular weight is 267 g/mol. The van der Waals surface area contributed by atoms with Gasteiger partial charge in [0, 0.05) is 32.2 Å². The van der Waals surface area contributed by atoms with Crippen LogP contribution in [-0.2, 0) is 0 Å². The normalized spacial score (nSPS) is 25.4. The van der Waals surface area contributed by atoms with Crippen LogP contribution in [0.2, 0.25) is 0 Å². The van der Waals surface area contributed by atoms with Crippen LogP contribution in [0, 0.1) is 5.92 Å². The number of hydrogen-bond acceptors (Lipinski definition) is 2. The fourth-order valence-corrected chi connectivity index (χ4v) is 3.09. The van der Waals surface area contributed by atoms with Gasteiger partial charge in [-0.2, -0.15) is 0 Å². The molecule has 1 atom stereocenters. The molecule has 2 saturated heterocycles. The molecule has 2 rings (SSSR count). The average Bonchev–Trinajstić information content (AvgIpc) is 2.46. The molecule has 110 valence electrons. The summed E-state index contributed by atoms with van der Waals surface area (Å²) in [5, 5.41) is 3.54. The largest absolute Gasteiger partial charge is 0.325 e. The van der Waals surface area contributed by atoms with Gasteiger partial charge in [-0.3, -0.25) is 0 Å². The predicted molar refractivity (Wildman–Crippen MR) is 78.3 cm³/mol. The van der Waals surface area contributed by atoms with Gasteiger partial charge in [-0.05, 0) is 45.1 Å². The molecule has 0 aromatic heterocycles. The second-order valence-electron chi connectivity index (χ2n) is 6.14. The highest BCUT2D eigenvalue weighted by atomic mass is 16.2. The molecule has 4 heteroatoms. The Labute approximate surface area is 117 Å². The Morgan fingerprint density at radius 3 is 2.58 bits per heavy atom. The van der Waals surface area contributed by atoms with Crippen molar-refractivity contribution in [3.63, 3.8) is 0 Å². The number of piperidine rings is 2. The molecule has 0 bridgehead atoms. The summed E-state index contributed by atoms with van der Waals surface area (Å²) in [6.07, 6.45) is 6.10. The molecule has 2 aliphatic heterocycles. The van der Waals surface area contributed by atoms with Crippen molar-refractivity contribution in [2.75, 3.05) is 32.7 Å². The molecule has 4 nitrogen and oxygen atoms in total. The van der Waals surface area contributed by atoms with E-state index in [1.165, 1.54) is 19.3 Å². The molecule has 2 aliphatic rings. The third kappa shape index (κ3) is 4.10. The lowest BCUT2D eigenvalue weighted by Crippen LogP contribution is -2.51. The van der Waals surface area contributed by atoms with Gasteiger partial charge in [0.15, 0.2) is 0 Å². The van der Waals surface area contributed by atoms with Crippen LogP contribution in [0.4, 0.5) is 4.79 Å². The zero-order valence-electron chi connectivity index (χ0n) is 12.5. The molecule has 0 radical (unpaired) electrons. The Morgan fingerprint density at radius 2 is 2.00 bits per heavy atom. The Hall–Kier alpha value is -0.770. The topological polar surface area (TPSA) is 35.6 Å². The van der Waals surface area contributed by atoms with E-state index in [1.54, 1.807) is 0 Å². The van der Waals surface area contributed by atoms with Gasteiger partial charge in [-0.25, -0.2) is 4.79 Å². The minimum absolute atomic E-state index is 0.252. The standard InChI is InChI=1S/C15H29N3O/c1-3-17(12-14-6-4-5-9-16-14)15(19)18-10-7-13(2)8-11-18/h13-14,16H,3-12H2,1-2H3. The smallest absolute Gasteiger partial charge is 0.320 e. The third-order valence-corrected chi connectivity index (χ3v) is 4.56. The number of likely N-dealkylation sites (N-methyl/N-ethyl adjacent to an activating group) is 1. The Balaban J connectivity index is 1.83. The highest BCUT2D eigenvalue weighted by Crippen LogP contribution is 2.18. The van der Waals surface area contributed by atoms with E-state index < -0.39 is 0 Å². The van der Waals surface area contributed by atoms with Crippen molar-refractivity contribution in [3.05, 3.63) is 0 Å². The van der Waals surface area contributed by atoms with Gasteiger partial charge in [0.25, 0.3) is 0 Å². The van der Waals surface area contributed by atoms with Crippen LogP contribution in [0.15, 0.2) is 0 Å². The third-order valence-electron chi connectivity index (χ3n) is 4.56. The molecule has 2 amide bonds. The van der Waals surface area contributed by atoms with Gasteiger partial charge < -0.3 is 15.1 Å². The fraction of sp³-hybridized carbons (Fsp3) is 0.933. The van der Waals surface area contributed by atoms with Crippen LogP contribution in [0.5, 0.6) is 0 Å². The first-order chi connectivity index (χ1) is 9.20. The van der Waals surface area contributed by atoms with Gasteiger partial charge in [0.1, 0.15) is 0 Å². The lowest BCUT2D eigenvalue weighted by molar-refractivity contribution is 0.130. The summed E-state index contributed by atoms with van der Waals surface area (Å²) < 4.78 is 0. The summed E-state index contributed by atoms with van der Waals surface area (Å²) in [7, 11) is 0. The van der Waals surface area contributed by atoms with Gasteiger partial charge in [-0.1, -0.05) is 13.3 Å². The molecule has 2 heterocycles. The van der Waals surface area contributed by atoms with Crippen molar-refractivity contribution in [2.24, 2.45) is 5.92 Å². The van der Waals surface area contributed by atoms with Gasteiger partial charge in [0.2, 0.25) is 0 Å². The van der Waals surface area contributed by atoms with Gasteiger partial charge >= 0.3 is 6.03 Å². The molecular weight excluding hydrogens is 238 g/mol. The van der Waals surface area contributed by atoms with Crippen molar-refractivity contribution in [3.8, 4) is 0 Å². The molecule has 0 aliphatic carbocycles. The highest BCUT2D eigenvalue weighted by molar-refractivity contribution is 5.74. The van der Waals surface area contributed by atoms with E-state index in [0.717, 1.165) is 51.5 Å². The Morgan fingerprint density at radius 1 is 1.26 bits per heavy atom. The molecule has 0 spiro atoms. The lowest BCUT2D eigenvalue weighted by atomic mass is 9.99. The Bertz CT molecular complexity index is 281. The zero-order chi connectivity index (χ0) is 13.7. The van der Waals surface area contributed by atoms with E-state index in [0.29, 0.717) is 6.04 Å². The van der Waals surface area contributed by atoms with E-state index in [-0.39, 0.29) is 6.03 Å². The monoisotopic (exact) mass is 267 g/mol. The summed E-state index contributed by atoms with van der Waals surface area (Å²) in [6, 6.07) is 0.753. The summed E-state index contributed by atoms with van der Waals surface area (Å²) in [6.45, 7) is 9.06. The number of likely N-dealkylation sites (tertiary alicyclic amines) is 1. The predicted octanol–water partition coefficient (Wildman–Crippen LogP) is 2.30. The number of urea groups is 1. The van der Waals surface area contributed by atoms with Crippen LogP contribution < -0.4 is 5.32 Å². The lowest BCUT2D eigenvalue weighted by Gasteiger charge is -2.36. The maximum Gasteiger partial charge on any atom is 0.320 e. The number of nitrogens with zero attached hydrogens (tertiary/aromatic N) is 2. The van der Waals surface area contributed by atoms with E-state index >= 15 is 0 Å². The van der Waals surface area contributed by atoms with Crippen molar-refractivity contribution in [2.45, 2.75) is 52.0 Å². The molecule has 1 N–H and O–H groups in total. The summed E-state index contributed by atoms with van der Waals surface area (Å²) in [5.41, 5.74) is 0. The molecule has 19 heavy (non-hydrogen) atoms. The van der Waals surface area contributed by atoms with Crippen LogP contribution in [-0.4, -0.2) is 54.6 Å². The molecule has 0 aromatic rings. The molecule has 0 aromatic carbocycles. The minimum atomic E-state index is 0.252. The van der Waals surface area contributed by atoms with Crippen molar-refractivity contribution in [1.82, 2.24) is 15.1 Å². The number of amides is 2. The van der Waals surface area contributed by atoms with Crippen molar-refractivity contribution < 1.29 is 4.79 Å². The number of hydrogen-bond donors (Lipinski definition) is 1. The van der Waals surface area contributed by atoms with E-state index in [1.807, 2.05) is 9.80 Å². The first-order valence-corrected chi connectivity index (χ1v) is 7.98. The summed E-state index contributed by atoms with van der Waals surface area (Å²) in [4.78, 5) is 16.6. The van der Waals surface area contributed by atoms with E-state index in [2.05, 4.69) is 19.2 Å². The number of rotatable bonds is 3. The van der Waals surface area contributed by atoms with Gasteiger partial charge in [-0.15, -0.1) is 0 Å². The number of carbonyl (C=O) groups excluding carboxylic acids is 1. The first-order valence-electron chi connectivity index (χ1n) is 7.98. The highest BCUT2D eigenvalue weighted by Gasteiger charge is 2.26.